The van der Waals surface area contributed by atoms with Crippen molar-refractivity contribution in [2.75, 3.05) is 12.4 Å². The summed E-state index contributed by atoms with van der Waals surface area (Å²) in [5, 5.41) is 8.94. The highest BCUT2D eigenvalue weighted by Gasteiger charge is 2.11. The van der Waals surface area contributed by atoms with Gasteiger partial charge in [-0.3, -0.25) is 5.43 Å². The summed E-state index contributed by atoms with van der Waals surface area (Å²) >= 11 is 5.36. The predicted octanol–water partition coefficient (Wildman–Crippen LogP) is 5.16. The summed E-state index contributed by atoms with van der Waals surface area (Å²) in [6.45, 7) is 0. The van der Waals surface area contributed by atoms with Gasteiger partial charge in [-0.25, -0.2) is 0 Å². The minimum atomic E-state index is 0.381. The van der Waals surface area contributed by atoms with Crippen LogP contribution in [0, 0.1) is 0 Å². The fourth-order valence-corrected chi connectivity index (χ4v) is 3.35. The molecule has 4 aromatic rings. The molecule has 0 aliphatic rings. The minimum absolute atomic E-state index is 0.381. The van der Waals surface area contributed by atoms with E-state index in [4.69, 9.17) is 17.0 Å². The van der Waals surface area contributed by atoms with E-state index in [1.807, 2.05) is 54.6 Å². The first-order chi connectivity index (χ1) is 14.3. The summed E-state index contributed by atoms with van der Waals surface area (Å²) in [7, 11) is 1.62. The summed E-state index contributed by atoms with van der Waals surface area (Å²) < 4.78 is 5.33. The Hall–Kier alpha value is -3.64. The van der Waals surface area contributed by atoms with Gasteiger partial charge in [-0.05, 0) is 36.0 Å². The second-order valence-electron chi connectivity index (χ2n) is 6.35. The lowest BCUT2D eigenvalue weighted by Crippen LogP contribution is -2.24. The molecule has 0 saturated carbocycles. The molecule has 3 aromatic carbocycles. The van der Waals surface area contributed by atoms with Crippen LogP contribution in [-0.2, 0) is 0 Å². The van der Waals surface area contributed by atoms with Crippen LogP contribution in [0.5, 0.6) is 5.75 Å². The van der Waals surface area contributed by atoms with Crippen LogP contribution in [0.3, 0.4) is 0 Å². The Morgan fingerprint density at radius 1 is 0.966 bits per heavy atom. The molecule has 0 aliphatic heterocycles. The van der Waals surface area contributed by atoms with E-state index in [1.54, 1.807) is 13.3 Å². The summed E-state index contributed by atoms with van der Waals surface area (Å²) in [4.78, 5) is 3.49. The number of benzene rings is 3. The van der Waals surface area contributed by atoms with Gasteiger partial charge in [0.25, 0.3) is 0 Å². The van der Waals surface area contributed by atoms with Crippen molar-refractivity contribution in [2.24, 2.45) is 5.10 Å². The summed E-state index contributed by atoms with van der Waals surface area (Å²) in [6.07, 6.45) is 1.79. The van der Waals surface area contributed by atoms with E-state index < -0.39 is 0 Å². The maximum Gasteiger partial charge on any atom is 0.191 e. The van der Waals surface area contributed by atoms with Crippen LogP contribution in [0.2, 0.25) is 0 Å². The van der Waals surface area contributed by atoms with E-state index in [2.05, 4.69) is 45.1 Å². The molecule has 0 fully saturated rings. The third-order valence-corrected chi connectivity index (χ3v) is 4.72. The van der Waals surface area contributed by atoms with Gasteiger partial charge in [0.05, 0.1) is 24.7 Å². The maximum atomic E-state index is 5.36. The van der Waals surface area contributed by atoms with Crippen molar-refractivity contribution in [2.45, 2.75) is 0 Å². The molecule has 0 atom stereocenters. The van der Waals surface area contributed by atoms with Crippen LogP contribution in [0.25, 0.3) is 22.2 Å². The van der Waals surface area contributed by atoms with E-state index in [1.165, 1.54) is 0 Å². The van der Waals surface area contributed by atoms with Gasteiger partial charge in [0.2, 0.25) is 0 Å². The number of H-pyrrole nitrogens is 1. The number of methoxy groups -OCH3 is 1. The van der Waals surface area contributed by atoms with Crippen molar-refractivity contribution in [1.29, 1.82) is 0 Å². The van der Waals surface area contributed by atoms with Crippen molar-refractivity contribution in [1.82, 2.24) is 10.4 Å². The Labute approximate surface area is 174 Å². The quantitative estimate of drug-likeness (QED) is 0.246. The highest BCUT2D eigenvalue weighted by molar-refractivity contribution is 7.80. The van der Waals surface area contributed by atoms with E-state index in [0.29, 0.717) is 10.9 Å². The van der Waals surface area contributed by atoms with Crippen LogP contribution in [-0.4, -0.2) is 23.4 Å². The zero-order valence-electron chi connectivity index (χ0n) is 15.8. The molecule has 0 radical (unpaired) electrons. The second kappa shape index (κ2) is 8.58. The van der Waals surface area contributed by atoms with Crippen molar-refractivity contribution in [3.63, 3.8) is 0 Å². The number of nitrogens with zero attached hydrogens (tertiary/aromatic N) is 1. The average molecular weight is 401 g/mol. The molecule has 3 N–H and O–H groups in total. The number of para-hydroxylation sites is 3. The topological polar surface area (TPSA) is 61.4 Å². The smallest absolute Gasteiger partial charge is 0.191 e. The fourth-order valence-electron chi connectivity index (χ4n) is 3.18. The first-order valence-corrected chi connectivity index (χ1v) is 9.56. The maximum absolute atomic E-state index is 5.36. The van der Waals surface area contributed by atoms with E-state index in [0.717, 1.165) is 33.4 Å². The molecule has 5 nitrogen and oxygen atoms in total. The summed E-state index contributed by atoms with van der Waals surface area (Å²) in [6, 6.07) is 25.9. The van der Waals surface area contributed by atoms with Crippen LogP contribution in [0.1, 0.15) is 5.56 Å². The molecule has 0 unspecified atom stereocenters. The number of thiocarbonyl (C=S) groups is 1. The number of hydrogen-bond donors (Lipinski definition) is 3. The van der Waals surface area contributed by atoms with Gasteiger partial charge in [-0.15, -0.1) is 0 Å². The Bertz CT molecular complexity index is 1170. The SMILES string of the molecule is COc1ccccc1NC(=S)N/N=C/c1c(-c2ccccc2)[nH]c2ccccc12. The van der Waals surface area contributed by atoms with Crippen molar-refractivity contribution < 1.29 is 4.74 Å². The third-order valence-electron chi connectivity index (χ3n) is 4.52. The first-order valence-electron chi connectivity index (χ1n) is 9.15. The van der Waals surface area contributed by atoms with Crippen LogP contribution in [0.15, 0.2) is 84.0 Å². The zero-order valence-corrected chi connectivity index (χ0v) is 16.7. The predicted molar refractivity (Wildman–Crippen MR) is 124 cm³/mol. The number of anilines is 1. The molecule has 6 heteroatoms. The molecule has 0 bridgehead atoms. The molecule has 0 amide bonds. The molecule has 29 heavy (non-hydrogen) atoms. The van der Waals surface area contributed by atoms with Crippen molar-refractivity contribution >= 4 is 40.1 Å². The molecule has 1 aromatic heterocycles. The van der Waals surface area contributed by atoms with Gasteiger partial charge in [-0.1, -0.05) is 60.7 Å². The number of ether oxygens (including phenoxy) is 1. The fraction of sp³-hybridized carbons (Fsp3) is 0.0435. The number of nitrogens with one attached hydrogen (secondary N) is 3. The number of aromatic nitrogens is 1. The molecule has 0 saturated heterocycles. The monoisotopic (exact) mass is 400 g/mol. The largest absolute Gasteiger partial charge is 0.495 e. The third kappa shape index (κ3) is 4.12. The van der Waals surface area contributed by atoms with Crippen LogP contribution < -0.4 is 15.5 Å². The molecule has 0 spiro atoms. The van der Waals surface area contributed by atoms with Gasteiger partial charge >= 0.3 is 0 Å². The Balaban J connectivity index is 1.57. The van der Waals surface area contributed by atoms with Crippen molar-refractivity contribution in [3.8, 4) is 17.0 Å². The van der Waals surface area contributed by atoms with Gasteiger partial charge in [-0.2, -0.15) is 5.10 Å². The first kappa shape index (κ1) is 18.7. The average Bonchev–Trinajstić information content (AvgIpc) is 3.13. The summed E-state index contributed by atoms with van der Waals surface area (Å²) in [5.74, 6) is 0.712. The van der Waals surface area contributed by atoms with E-state index >= 15 is 0 Å². The lowest BCUT2D eigenvalue weighted by atomic mass is 10.1. The molecule has 4 rings (SSSR count). The number of rotatable bonds is 5. The van der Waals surface area contributed by atoms with Gasteiger partial charge in [0, 0.05) is 16.5 Å². The molecule has 0 aliphatic carbocycles. The van der Waals surface area contributed by atoms with Gasteiger partial charge in [0.15, 0.2) is 5.11 Å². The van der Waals surface area contributed by atoms with Crippen molar-refractivity contribution in [3.05, 3.63) is 84.4 Å². The van der Waals surface area contributed by atoms with E-state index in [-0.39, 0.29) is 0 Å². The number of aromatic amines is 1. The Morgan fingerprint density at radius 3 is 2.52 bits per heavy atom. The molecule has 1 heterocycles. The lowest BCUT2D eigenvalue weighted by Gasteiger charge is -2.10. The van der Waals surface area contributed by atoms with E-state index in [9.17, 15) is 0 Å². The zero-order chi connectivity index (χ0) is 20.1. The highest BCUT2D eigenvalue weighted by atomic mass is 32.1. The molecular weight excluding hydrogens is 380 g/mol. The lowest BCUT2D eigenvalue weighted by molar-refractivity contribution is 0.417. The second-order valence-corrected chi connectivity index (χ2v) is 6.76. The standard InChI is InChI=1S/C23H20N4OS/c1-28-21-14-8-7-13-20(21)26-23(29)27-24-15-18-17-11-5-6-12-19(17)25-22(18)16-9-3-2-4-10-16/h2-15,25H,1H3,(H2,26,27,29)/b24-15+. The van der Waals surface area contributed by atoms with Gasteiger partial charge < -0.3 is 15.0 Å². The molecule has 144 valence electrons. The number of hydrazone groups is 1. The number of hydrogen-bond acceptors (Lipinski definition) is 3. The van der Waals surface area contributed by atoms with Crippen LogP contribution in [0.4, 0.5) is 5.69 Å². The number of fused-ring (bicyclic) bond motifs is 1. The van der Waals surface area contributed by atoms with Gasteiger partial charge in [0.1, 0.15) is 5.75 Å². The Morgan fingerprint density at radius 2 is 1.69 bits per heavy atom. The van der Waals surface area contributed by atoms with Crippen LogP contribution >= 0.6 is 12.2 Å². The normalized spacial score (nSPS) is 10.9. The minimum Gasteiger partial charge on any atom is -0.495 e. The summed E-state index contributed by atoms with van der Waals surface area (Å²) in [5.41, 5.74) is 7.83. The highest BCUT2D eigenvalue weighted by Crippen LogP contribution is 2.29. The molecular formula is C23H20N4OS. The Kier molecular flexibility index (Phi) is 5.54.